The van der Waals surface area contributed by atoms with Gasteiger partial charge in [0.25, 0.3) is 11.8 Å². The van der Waals surface area contributed by atoms with Crippen molar-refractivity contribution in [3.05, 3.63) is 59.2 Å². The molecule has 138 valence electrons. The lowest BCUT2D eigenvalue weighted by molar-refractivity contribution is 0.0953. The standard InChI is InChI=1S/C21H26N2O3/c1-4-5-6-12-22-20(24)16-8-7-9-17(14-16)21(25)23-18-13-15(2)10-11-19(18)26-3/h7-11,13-14H,4-6,12H2,1-3H3,(H,22,24)(H,23,25). The molecule has 0 aromatic heterocycles. The first-order valence-corrected chi connectivity index (χ1v) is 8.89. The molecule has 0 saturated heterocycles. The lowest BCUT2D eigenvalue weighted by Gasteiger charge is -2.11. The average Bonchev–Trinajstić information content (AvgIpc) is 2.65. The Morgan fingerprint density at radius 3 is 2.42 bits per heavy atom. The summed E-state index contributed by atoms with van der Waals surface area (Å²) in [6.45, 7) is 4.70. The second-order valence-corrected chi connectivity index (χ2v) is 6.20. The monoisotopic (exact) mass is 354 g/mol. The number of aryl methyl sites for hydroxylation is 1. The fourth-order valence-corrected chi connectivity index (χ4v) is 2.59. The highest BCUT2D eigenvalue weighted by molar-refractivity contribution is 6.06. The summed E-state index contributed by atoms with van der Waals surface area (Å²) in [5.41, 5.74) is 2.52. The number of benzene rings is 2. The smallest absolute Gasteiger partial charge is 0.255 e. The fourth-order valence-electron chi connectivity index (χ4n) is 2.59. The van der Waals surface area contributed by atoms with Crippen LogP contribution in [0.1, 0.15) is 52.5 Å². The van der Waals surface area contributed by atoms with Gasteiger partial charge in [-0.3, -0.25) is 9.59 Å². The first-order chi connectivity index (χ1) is 12.5. The van der Waals surface area contributed by atoms with Crippen LogP contribution in [0.15, 0.2) is 42.5 Å². The van der Waals surface area contributed by atoms with E-state index in [9.17, 15) is 9.59 Å². The summed E-state index contributed by atoms with van der Waals surface area (Å²) in [7, 11) is 1.56. The lowest BCUT2D eigenvalue weighted by atomic mass is 10.1. The molecule has 0 spiro atoms. The maximum atomic E-state index is 12.6. The van der Waals surface area contributed by atoms with E-state index in [1.807, 2.05) is 25.1 Å². The van der Waals surface area contributed by atoms with E-state index in [0.717, 1.165) is 24.8 Å². The van der Waals surface area contributed by atoms with Gasteiger partial charge in [-0.1, -0.05) is 31.9 Å². The number of carbonyl (C=O) groups excluding carboxylic acids is 2. The first-order valence-electron chi connectivity index (χ1n) is 8.89. The average molecular weight is 354 g/mol. The molecule has 0 radical (unpaired) electrons. The second-order valence-electron chi connectivity index (χ2n) is 6.20. The Morgan fingerprint density at radius 1 is 1.00 bits per heavy atom. The second kappa shape index (κ2) is 9.61. The third-order valence-corrected chi connectivity index (χ3v) is 4.06. The molecule has 0 heterocycles. The van der Waals surface area contributed by atoms with Crippen LogP contribution in [0.3, 0.4) is 0 Å². The van der Waals surface area contributed by atoms with E-state index in [1.165, 1.54) is 0 Å². The Morgan fingerprint density at radius 2 is 1.73 bits per heavy atom. The van der Waals surface area contributed by atoms with Crippen LogP contribution in [0, 0.1) is 6.92 Å². The van der Waals surface area contributed by atoms with E-state index in [1.54, 1.807) is 31.4 Å². The minimum absolute atomic E-state index is 0.163. The number of hydrogen-bond donors (Lipinski definition) is 2. The van der Waals surface area contributed by atoms with Gasteiger partial charge in [0.2, 0.25) is 0 Å². The molecular weight excluding hydrogens is 328 g/mol. The van der Waals surface area contributed by atoms with Gasteiger partial charge in [0.15, 0.2) is 0 Å². The van der Waals surface area contributed by atoms with Crippen molar-refractivity contribution in [1.82, 2.24) is 5.32 Å². The molecule has 0 aliphatic heterocycles. The van der Waals surface area contributed by atoms with Crippen molar-refractivity contribution < 1.29 is 14.3 Å². The van der Waals surface area contributed by atoms with Gasteiger partial charge in [-0.25, -0.2) is 0 Å². The normalized spacial score (nSPS) is 10.3. The molecule has 2 aromatic rings. The highest BCUT2D eigenvalue weighted by Crippen LogP contribution is 2.25. The molecule has 2 rings (SSSR count). The molecule has 2 amide bonds. The summed E-state index contributed by atoms with van der Waals surface area (Å²) < 4.78 is 5.28. The summed E-state index contributed by atoms with van der Waals surface area (Å²) >= 11 is 0. The molecule has 0 atom stereocenters. The van der Waals surface area contributed by atoms with E-state index in [0.29, 0.717) is 29.1 Å². The molecule has 0 aliphatic carbocycles. The van der Waals surface area contributed by atoms with Crippen LogP contribution in [-0.2, 0) is 0 Å². The molecule has 0 saturated carbocycles. The minimum Gasteiger partial charge on any atom is -0.495 e. The van der Waals surface area contributed by atoms with E-state index < -0.39 is 0 Å². The third-order valence-electron chi connectivity index (χ3n) is 4.06. The fraction of sp³-hybridized carbons (Fsp3) is 0.333. The summed E-state index contributed by atoms with van der Waals surface area (Å²) in [6, 6.07) is 12.3. The van der Waals surface area contributed by atoms with Crippen LogP contribution >= 0.6 is 0 Å². The third kappa shape index (κ3) is 5.34. The minimum atomic E-state index is -0.283. The van der Waals surface area contributed by atoms with Crippen LogP contribution in [-0.4, -0.2) is 25.5 Å². The largest absolute Gasteiger partial charge is 0.495 e. The SMILES string of the molecule is CCCCCNC(=O)c1cccc(C(=O)Nc2cc(C)ccc2OC)c1. The Labute approximate surface area is 154 Å². The molecule has 26 heavy (non-hydrogen) atoms. The van der Waals surface area contributed by atoms with E-state index in [2.05, 4.69) is 17.6 Å². The molecule has 5 heteroatoms. The summed E-state index contributed by atoms with van der Waals surface area (Å²) in [4.78, 5) is 24.8. The van der Waals surface area contributed by atoms with Crippen molar-refractivity contribution in [3.63, 3.8) is 0 Å². The number of ether oxygens (including phenoxy) is 1. The van der Waals surface area contributed by atoms with E-state index in [-0.39, 0.29) is 11.8 Å². The van der Waals surface area contributed by atoms with Crippen LogP contribution in [0.4, 0.5) is 5.69 Å². The Hall–Kier alpha value is -2.82. The highest BCUT2D eigenvalue weighted by atomic mass is 16.5. The maximum absolute atomic E-state index is 12.6. The molecule has 5 nitrogen and oxygen atoms in total. The van der Waals surface area contributed by atoms with E-state index >= 15 is 0 Å². The van der Waals surface area contributed by atoms with Gasteiger partial charge >= 0.3 is 0 Å². The quantitative estimate of drug-likeness (QED) is 0.699. The van der Waals surface area contributed by atoms with Crippen LogP contribution in [0.5, 0.6) is 5.75 Å². The van der Waals surface area contributed by atoms with Crippen LogP contribution in [0.25, 0.3) is 0 Å². The van der Waals surface area contributed by atoms with Gasteiger partial charge in [0, 0.05) is 17.7 Å². The van der Waals surface area contributed by atoms with Gasteiger partial charge in [0.05, 0.1) is 12.8 Å². The molecule has 0 unspecified atom stereocenters. The number of carbonyl (C=O) groups is 2. The highest BCUT2D eigenvalue weighted by Gasteiger charge is 2.12. The maximum Gasteiger partial charge on any atom is 0.255 e. The first kappa shape index (κ1) is 19.5. The predicted molar refractivity (Wildman–Crippen MR) is 104 cm³/mol. The van der Waals surface area contributed by atoms with E-state index in [4.69, 9.17) is 4.74 Å². The zero-order chi connectivity index (χ0) is 18.9. The number of rotatable bonds is 8. The number of nitrogens with one attached hydrogen (secondary N) is 2. The Balaban J connectivity index is 2.08. The Bertz CT molecular complexity index is 772. The van der Waals surface area contributed by atoms with Crippen molar-refractivity contribution in [1.29, 1.82) is 0 Å². The molecule has 0 fully saturated rings. The molecular formula is C21H26N2O3. The number of anilines is 1. The molecule has 0 bridgehead atoms. The summed E-state index contributed by atoms with van der Waals surface area (Å²) in [5, 5.41) is 5.73. The van der Waals surface area contributed by atoms with Crippen molar-refractivity contribution in [2.75, 3.05) is 19.0 Å². The zero-order valence-corrected chi connectivity index (χ0v) is 15.6. The lowest BCUT2D eigenvalue weighted by Crippen LogP contribution is -2.24. The zero-order valence-electron chi connectivity index (χ0n) is 15.6. The summed E-state index contributed by atoms with van der Waals surface area (Å²) in [6.07, 6.45) is 3.14. The van der Waals surface area contributed by atoms with Crippen molar-refractivity contribution >= 4 is 17.5 Å². The van der Waals surface area contributed by atoms with Crippen molar-refractivity contribution in [2.24, 2.45) is 0 Å². The van der Waals surface area contributed by atoms with Gasteiger partial charge in [-0.2, -0.15) is 0 Å². The topological polar surface area (TPSA) is 67.4 Å². The van der Waals surface area contributed by atoms with Gasteiger partial charge < -0.3 is 15.4 Å². The van der Waals surface area contributed by atoms with Gasteiger partial charge in [0.1, 0.15) is 5.75 Å². The van der Waals surface area contributed by atoms with Crippen LogP contribution < -0.4 is 15.4 Å². The van der Waals surface area contributed by atoms with Gasteiger partial charge in [-0.15, -0.1) is 0 Å². The number of hydrogen-bond acceptors (Lipinski definition) is 3. The summed E-state index contributed by atoms with van der Waals surface area (Å²) in [5.74, 6) is 0.146. The van der Waals surface area contributed by atoms with Crippen LogP contribution in [0.2, 0.25) is 0 Å². The Kier molecular flexibility index (Phi) is 7.21. The van der Waals surface area contributed by atoms with Crippen molar-refractivity contribution in [3.8, 4) is 5.75 Å². The predicted octanol–water partition coefficient (Wildman–Crippen LogP) is 4.18. The number of amides is 2. The molecule has 2 N–H and O–H groups in total. The molecule has 0 aliphatic rings. The number of methoxy groups -OCH3 is 1. The van der Waals surface area contributed by atoms with Gasteiger partial charge in [-0.05, 0) is 49.2 Å². The molecule has 2 aromatic carbocycles. The van der Waals surface area contributed by atoms with Crippen molar-refractivity contribution in [2.45, 2.75) is 33.1 Å². The number of unbranched alkanes of at least 4 members (excludes halogenated alkanes) is 2.